The summed E-state index contributed by atoms with van der Waals surface area (Å²) in [5.41, 5.74) is 3.90. The summed E-state index contributed by atoms with van der Waals surface area (Å²) in [5, 5.41) is 4.45. The average molecular weight is 403 g/mol. The van der Waals surface area contributed by atoms with E-state index >= 15 is 0 Å². The summed E-state index contributed by atoms with van der Waals surface area (Å²) >= 11 is 0. The Morgan fingerprint density at radius 2 is 1.93 bits per heavy atom. The third-order valence-electron chi connectivity index (χ3n) is 4.99. The molecule has 1 N–H and O–H groups in total. The Morgan fingerprint density at radius 1 is 1.03 bits per heavy atom. The molecule has 0 saturated carbocycles. The first-order valence-electron chi connectivity index (χ1n) is 9.90. The van der Waals surface area contributed by atoms with Crippen molar-refractivity contribution in [2.45, 2.75) is 13.0 Å². The van der Waals surface area contributed by atoms with Gasteiger partial charge in [0.15, 0.2) is 0 Å². The van der Waals surface area contributed by atoms with Crippen LogP contribution in [0.5, 0.6) is 5.75 Å². The van der Waals surface area contributed by atoms with Crippen LogP contribution in [0, 0.1) is 0 Å². The summed E-state index contributed by atoms with van der Waals surface area (Å²) in [4.78, 5) is 13.4. The first-order chi connectivity index (χ1) is 14.8. The Hall–Kier alpha value is -3.45. The smallest absolute Gasteiger partial charge is 0.139 e. The molecule has 0 amide bonds. The number of nitrogens with zero attached hydrogens (tertiary/aromatic N) is 4. The summed E-state index contributed by atoms with van der Waals surface area (Å²) in [7, 11) is 3.40. The molecule has 4 aromatic rings. The van der Waals surface area contributed by atoms with E-state index in [2.05, 4.69) is 43.0 Å². The third kappa shape index (κ3) is 4.41. The maximum Gasteiger partial charge on any atom is 0.139 e. The van der Waals surface area contributed by atoms with Gasteiger partial charge in [-0.25, -0.2) is 15.0 Å². The fourth-order valence-corrected chi connectivity index (χ4v) is 3.43. The second-order valence-electron chi connectivity index (χ2n) is 6.92. The van der Waals surface area contributed by atoms with Gasteiger partial charge < -0.3 is 19.4 Å². The predicted molar refractivity (Wildman–Crippen MR) is 118 cm³/mol. The normalized spacial score (nSPS) is 11.0. The maximum absolute atomic E-state index is 5.41. The number of nitrogens with one attached hydrogen (secondary N) is 1. The minimum Gasteiger partial charge on any atom is -0.496 e. The molecular weight excluding hydrogens is 378 g/mol. The highest BCUT2D eigenvalue weighted by Crippen LogP contribution is 2.23. The quantitative estimate of drug-likeness (QED) is 0.458. The summed E-state index contributed by atoms with van der Waals surface area (Å²) in [6.45, 7) is 2.18. The van der Waals surface area contributed by atoms with Crippen molar-refractivity contribution in [2.24, 2.45) is 0 Å². The molecule has 7 heteroatoms. The van der Waals surface area contributed by atoms with Gasteiger partial charge in [-0.15, -0.1) is 0 Å². The van der Waals surface area contributed by atoms with E-state index in [0.717, 1.165) is 58.9 Å². The van der Waals surface area contributed by atoms with Crippen LogP contribution in [0.25, 0.3) is 22.3 Å². The molecule has 0 aliphatic rings. The van der Waals surface area contributed by atoms with Gasteiger partial charge in [-0.1, -0.05) is 18.2 Å². The van der Waals surface area contributed by atoms with E-state index in [1.807, 2.05) is 36.7 Å². The van der Waals surface area contributed by atoms with Crippen molar-refractivity contribution < 1.29 is 9.47 Å². The number of ether oxygens (including phenoxy) is 2. The van der Waals surface area contributed by atoms with E-state index in [1.165, 1.54) is 0 Å². The van der Waals surface area contributed by atoms with E-state index < -0.39 is 0 Å². The van der Waals surface area contributed by atoms with Crippen molar-refractivity contribution in [1.82, 2.24) is 19.5 Å². The van der Waals surface area contributed by atoms with Crippen LogP contribution in [0.4, 0.5) is 5.82 Å². The summed E-state index contributed by atoms with van der Waals surface area (Å²) in [5.74, 6) is 1.69. The lowest BCUT2D eigenvalue weighted by Crippen LogP contribution is -2.07. The SMILES string of the molecule is COCCn1ccc2cc(-c3cc(NCCc4ccccc4OC)ncn3)cnc21. The van der Waals surface area contributed by atoms with Crippen molar-refractivity contribution in [3.63, 3.8) is 0 Å². The summed E-state index contributed by atoms with van der Waals surface area (Å²) < 4.78 is 12.7. The molecule has 0 aliphatic heterocycles. The molecule has 0 bridgehead atoms. The number of para-hydroxylation sites is 1. The third-order valence-corrected chi connectivity index (χ3v) is 4.99. The number of fused-ring (bicyclic) bond motifs is 1. The van der Waals surface area contributed by atoms with Crippen molar-refractivity contribution in [3.8, 4) is 17.0 Å². The zero-order valence-corrected chi connectivity index (χ0v) is 17.2. The highest BCUT2D eigenvalue weighted by atomic mass is 16.5. The fourth-order valence-electron chi connectivity index (χ4n) is 3.43. The lowest BCUT2D eigenvalue weighted by atomic mass is 10.1. The van der Waals surface area contributed by atoms with Gasteiger partial charge in [0, 0.05) is 49.6 Å². The Kier molecular flexibility index (Phi) is 6.20. The molecule has 3 heterocycles. The molecular formula is C23H25N5O2. The molecule has 0 fully saturated rings. The van der Waals surface area contributed by atoms with Gasteiger partial charge in [0.25, 0.3) is 0 Å². The topological polar surface area (TPSA) is 74.1 Å². The molecule has 0 atom stereocenters. The zero-order valence-electron chi connectivity index (χ0n) is 17.2. The average Bonchev–Trinajstić information content (AvgIpc) is 3.20. The first-order valence-corrected chi connectivity index (χ1v) is 9.90. The molecule has 0 radical (unpaired) electrons. The minimum atomic E-state index is 0.656. The van der Waals surface area contributed by atoms with Crippen LogP contribution < -0.4 is 10.1 Å². The Labute approximate surface area is 175 Å². The number of rotatable bonds is 9. The molecule has 3 aromatic heterocycles. The van der Waals surface area contributed by atoms with Gasteiger partial charge in [0.2, 0.25) is 0 Å². The maximum atomic E-state index is 5.41. The van der Waals surface area contributed by atoms with Crippen molar-refractivity contribution in [2.75, 3.05) is 32.7 Å². The molecule has 0 aliphatic carbocycles. The lowest BCUT2D eigenvalue weighted by molar-refractivity contribution is 0.188. The lowest BCUT2D eigenvalue weighted by Gasteiger charge is -2.10. The molecule has 30 heavy (non-hydrogen) atoms. The van der Waals surface area contributed by atoms with Gasteiger partial charge >= 0.3 is 0 Å². The van der Waals surface area contributed by atoms with Crippen molar-refractivity contribution in [3.05, 3.63) is 66.7 Å². The minimum absolute atomic E-state index is 0.656. The molecule has 7 nitrogen and oxygen atoms in total. The number of benzene rings is 1. The number of hydrogen-bond acceptors (Lipinski definition) is 6. The highest BCUT2D eigenvalue weighted by Gasteiger charge is 2.08. The van der Waals surface area contributed by atoms with Crippen molar-refractivity contribution >= 4 is 16.9 Å². The van der Waals surface area contributed by atoms with Gasteiger partial charge in [0.1, 0.15) is 23.5 Å². The molecule has 0 spiro atoms. The van der Waals surface area contributed by atoms with Crippen LogP contribution in [0.3, 0.4) is 0 Å². The molecule has 0 unspecified atom stereocenters. The highest BCUT2D eigenvalue weighted by molar-refractivity contribution is 5.81. The number of aromatic nitrogens is 4. The number of hydrogen-bond donors (Lipinski definition) is 1. The summed E-state index contributed by atoms with van der Waals surface area (Å²) in [6.07, 6.45) is 6.30. The van der Waals surface area contributed by atoms with Crippen LogP contribution >= 0.6 is 0 Å². The van der Waals surface area contributed by atoms with E-state index in [-0.39, 0.29) is 0 Å². The second kappa shape index (κ2) is 9.37. The van der Waals surface area contributed by atoms with Gasteiger partial charge in [-0.2, -0.15) is 0 Å². The Bertz CT molecular complexity index is 1130. The Morgan fingerprint density at radius 3 is 2.80 bits per heavy atom. The molecule has 0 saturated heterocycles. The largest absolute Gasteiger partial charge is 0.496 e. The van der Waals surface area contributed by atoms with Crippen LogP contribution in [-0.4, -0.2) is 46.9 Å². The van der Waals surface area contributed by atoms with Gasteiger partial charge in [-0.05, 0) is 30.2 Å². The summed E-state index contributed by atoms with van der Waals surface area (Å²) in [6, 6.07) is 14.2. The molecule has 154 valence electrons. The molecule has 1 aromatic carbocycles. The number of anilines is 1. The standard InChI is InChI=1S/C23H25N5O2/c1-29-12-11-28-10-8-18-13-19(15-25-23(18)28)20-14-22(27-16-26-20)24-9-7-17-5-3-4-6-21(17)30-2/h3-6,8,10,13-16H,7,9,11-12H2,1-2H3,(H,24,26,27). The van der Waals surface area contributed by atoms with E-state index in [0.29, 0.717) is 6.61 Å². The van der Waals surface area contributed by atoms with Crippen molar-refractivity contribution in [1.29, 1.82) is 0 Å². The Balaban J connectivity index is 1.46. The number of methoxy groups -OCH3 is 2. The van der Waals surface area contributed by atoms with Gasteiger partial charge in [-0.3, -0.25) is 0 Å². The van der Waals surface area contributed by atoms with Gasteiger partial charge in [0.05, 0.1) is 19.4 Å². The van der Waals surface area contributed by atoms with E-state index in [9.17, 15) is 0 Å². The fraction of sp³-hybridized carbons (Fsp3) is 0.261. The molecule has 4 rings (SSSR count). The van der Waals surface area contributed by atoms with E-state index in [1.54, 1.807) is 20.5 Å². The first kappa shape index (κ1) is 19.8. The zero-order chi connectivity index (χ0) is 20.8. The van der Waals surface area contributed by atoms with Crippen LogP contribution in [0.1, 0.15) is 5.56 Å². The second-order valence-corrected chi connectivity index (χ2v) is 6.92. The number of pyridine rings is 1. The van der Waals surface area contributed by atoms with E-state index in [4.69, 9.17) is 9.47 Å². The monoisotopic (exact) mass is 403 g/mol. The van der Waals surface area contributed by atoms with Crippen LogP contribution in [-0.2, 0) is 17.7 Å². The predicted octanol–water partition coefficient (Wildman–Crippen LogP) is 3.80. The van der Waals surface area contributed by atoms with Crippen LogP contribution in [0.15, 0.2) is 61.2 Å². The van der Waals surface area contributed by atoms with Crippen LogP contribution in [0.2, 0.25) is 0 Å².